The number of amides is 1. The molecule has 0 saturated carbocycles. The zero-order valence-electron chi connectivity index (χ0n) is 11.9. The van der Waals surface area contributed by atoms with E-state index in [0.717, 1.165) is 11.3 Å². The minimum Gasteiger partial charge on any atom is -0.350 e. The van der Waals surface area contributed by atoms with Gasteiger partial charge in [-0.25, -0.2) is 4.39 Å². The third kappa shape index (κ3) is 3.23. The molecule has 1 unspecified atom stereocenters. The van der Waals surface area contributed by atoms with Gasteiger partial charge in [0.25, 0.3) is 5.91 Å². The van der Waals surface area contributed by atoms with Crippen molar-refractivity contribution in [3.05, 3.63) is 53.1 Å². The summed E-state index contributed by atoms with van der Waals surface area (Å²) in [5.41, 5.74) is 2.34. The van der Waals surface area contributed by atoms with Crippen molar-refractivity contribution in [1.29, 1.82) is 0 Å². The summed E-state index contributed by atoms with van der Waals surface area (Å²) >= 11 is 0. The maximum Gasteiger partial charge on any atom is 0.271 e. The topological polar surface area (TPSA) is 46.9 Å². The van der Waals surface area contributed by atoms with Crippen molar-refractivity contribution in [2.45, 2.75) is 19.8 Å². The molecule has 0 fully saturated rings. The van der Waals surface area contributed by atoms with Gasteiger partial charge in [-0.1, -0.05) is 19.1 Å². The second kappa shape index (κ2) is 5.86. The van der Waals surface area contributed by atoms with Gasteiger partial charge in [-0.2, -0.15) is 5.10 Å². The van der Waals surface area contributed by atoms with Crippen LogP contribution in [0.5, 0.6) is 0 Å². The molecular weight excluding hydrogens is 257 g/mol. The lowest BCUT2D eigenvalue weighted by molar-refractivity contribution is 0.0946. The van der Waals surface area contributed by atoms with E-state index >= 15 is 0 Å². The standard InChI is InChI=1S/C15H18FN3O/c1-10(12-4-6-13(16)7-5-12)9-17-15(20)14-8-11(2)19(3)18-14/h4-8,10H,9H2,1-3H3,(H,17,20). The second-order valence-electron chi connectivity index (χ2n) is 4.96. The van der Waals surface area contributed by atoms with Gasteiger partial charge in [-0.3, -0.25) is 9.48 Å². The smallest absolute Gasteiger partial charge is 0.271 e. The lowest BCUT2D eigenvalue weighted by Gasteiger charge is -2.12. The number of hydrogen-bond acceptors (Lipinski definition) is 2. The highest BCUT2D eigenvalue weighted by Gasteiger charge is 2.12. The number of hydrogen-bond donors (Lipinski definition) is 1. The van der Waals surface area contributed by atoms with E-state index in [2.05, 4.69) is 10.4 Å². The molecule has 20 heavy (non-hydrogen) atoms. The van der Waals surface area contributed by atoms with Crippen LogP contribution in [0.1, 0.15) is 34.6 Å². The van der Waals surface area contributed by atoms with E-state index in [4.69, 9.17) is 0 Å². The van der Waals surface area contributed by atoms with Crippen LogP contribution in [0.15, 0.2) is 30.3 Å². The Morgan fingerprint density at radius 2 is 2.05 bits per heavy atom. The molecule has 0 aliphatic heterocycles. The highest BCUT2D eigenvalue weighted by molar-refractivity contribution is 5.92. The Labute approximate surface area is 117 Å². The maximum atomic E-state index is 12.8. The summed E-state index contributed by atoms with van der Waals surface area (Å²) in [5.74, 6) is -0.332. The lowest BCUT2D eigenvalue weighted by atomic mass is 10.0. The Morgan fingerprint density at radius 1 is 1.40 bits per heavy atom. The van der Waals surface area contributed by atoms with Gasteiger partial charge < -0.3 is 5.32 Å². The molecule has 1 amide bonds. The van der Waals surface area contributed by atoms with E-state index in [1.54, 1.807) is 29.9 Å². The number of nitrogens with zero attached hydrogens (tertiary/aromatic N) is 2. The van der Waals surface area contributed by atoms with E-state index in [1.165, 1.54) is 12.1 Å². The predicted molar refractivity (Wildman–Crippen MR) is 75.1 cm³/mol. The fourth-order valence-corrected chi connectivity index (χ4v) is 1.92. The first-order chi connectivity index (χ1) is 9.47. The number of halogens is 1. The van der Waals surface area contributed by atoms with Crippen molar-refractivity contribution in [2.24, 2.45) is 7.05 Å². The predicted octanol–water partition coefficient (Wildman–Crippen LogP) is 2.40. The molecule has 1 aromatic heterocycles. The van der Waals surface area contributed by atoms with Crippen LogP contribution in [0, 0.1) is 12.7 Å². The molecule has 106 valence electrons. The SMILES string of the molecule is Cc1cc(C(=O)NCC(C)c2ccc(F)cc2)nn1C. The summed E-state index contributed by atoms with van der Waals surface area (Å²) in [4.78, 5) is 12.0. The lowest BCUT2D eigenvalue weighted by Crippen LogP contribution is -2.28. The zero-order valence-corrected chi connectivity index (χ0v) is 11.9. The van der Waals surface area contributed by atoms with Crippen LogP contribution >= 0.6 is 0 Å². The van der Waals surface area contributed by atoms with E-state index in [0.29, 0.717) is 12.2 Å². The summed E-state index contributed by atoms with van der Waals surface area (Å²) in [7, 11) is 1.80. The van der Waals surface area contributed by atoms with Crippen LogP contribution in [0.25, 0.3) is 0 Å². The third-order valence-corrected chi connectivity index (χ3v) is 3.35. The van der Waals surface area contributed by atoms with Crippen molar-refractivity contribution in [1.82, 2.24) is 15.1 Å². The molecule has 0 saturated heterocycles. The van der Waals surface area contributed by atoms with Gasteiger partial charge in [-0.15, -0.1) is 0 Å². The molecule has 1 aromatic carbocycles. The number of rotatable bonds is 4. The van der Waals surface area contributed by atoms with Gasteiger partial charge in [-0.05, 0) is 36.6 Å². The average Bonchev–Trinajstić information content (AvgIpc) is 2.76. The van der Waals surface area contributed by atoms with Crippen molar-refractivity contribution in [2.75, 3.05) is 6.54 Å². The Hall–Kier alpha value is -2.17. The molecule has 2 aromatic rings. The molecule has 4 nitrogen and oxygen atoms in total. The molecule has 1 atom stereocenters. The monoisotopic (exact) mass is 275 g/mol. The van der Waals surface area contributed by atoms with Crippen LogP contribution < -0.4 is 5.32 Å². The van der Waals surface area contributed by atoms with Gasteiger partial charge in [0.05, 0.1) is 0 Å². The molecule has 5 heteroatoms. The number of aryl methyl sites for hydroxylation is 2. The molecule has 0 spiro atoms. The van der Waals surface area contributed by atoms with E-state index < -0.39 is 0 Å². The molecule has 0 radical (unpaired) electrons. The maximum absolute atomic E-state index is 12.8. The first-order valence-corrected chi connectivity index (χ1v) is 6.51. The van der Waals surface area contributed by atoms with E-state index in [9.17, 15) is 9.18 Å². The minimum absolute atomic E-state index is 0.115. The summed E-state index contributed by atoms with van der Waals surface area (Å²) in [6, 6.07) is 8.07. The highest BCUT2D eigenvalue weighted by atomic mass is 19.1. The third-order valence-electron chi connectivity index (χ3n) is 3.35. The van der Waals surface area contributed by atoms with Crippen molar-refractivity contribution in [3.8, 4) is 0 Å². The van der Waals surface area contributed by atoms with Crippen molar-refractivity contribution >= 4 is 5.91 Å². The largest absolute Gasteiger partial charge is 0.350 e. The molecule has 1 N–H and O–H groups in total. The highest BCUT2D eigenvalue weighted by Crippen LogP contribution is 2.14. The Morgan fingerprint density at radius 3 is 2.60 bits per heavy atom. The molecule has 1 heterocycles. The second-order valence-corrected chi connectivity index (χ2v) is 4.96. The number of nitrogens with one attached hydrogen (secondary N) is 1. The van der Waals surface area contributed by atoms with Gasteiger partial charge >= 0.3 is 0 Å². The van der Waals surface area contributed by atoms with Crippen LogP contribution in [-0.2, 0) is 7.05 Å². The molecular formula is C15H18FN3O. The first-order valence-electron chi connectivity index (χ1n) is 6.51. The Bertz CT molecular complexity index is 585. The van der Waals surface area contributed by atoms with Gasteiger partial charge in [0.15, 0.2) is 0 Å². The number of aromatic nitrogens is 2. The summed E-state index contributed by atoms with van der Waals surface area (Å²) < 4.78 is 14.5. The zero-order chi connectivity index (χ0) is 14.7. The Kier molecular flexibility index (Phi) is 4.17. The van der Waals surface area contributed by atoms with Gasteiger partial charge in [0, 0.05) is 19.3 Å². The number of carbonyl (C=O) groups excluding carboxylic acids is 1. The normalized spacial score (nSPS) is 12.2. The summed E-state index contributed by atoms with van der Waals surface area (Å²) in [6.45, 7) is 4.36. The molecule has 0 bridgehead atoms. The average molecular weight is 275 g/mol. The van der Waals surface area contributed by atoms with Crippen molar-refractivity contribution in [3.63, 3.8) is 0 Å². The number of carbonyl (C=O) groups is 1. The van der Waals surface area contributed by atoms with Crippen molar-refractivity contribution < 1.29 is 9.18 Å². The van der Waals surface area contributed by atoms with Gasteiger partial charge in [0.1, 0.15) is 11.5 Å². The summed E-state index contributed by atoms with van der Waals surface area (Å²) in [5, 5.41) is 6.97. The fourth-order valence-electron chi connectivity index (χ4n) is 1.92. The van der Waals surface area contributed by atoms with Crippen LogP contribution in [0.4, 0.5) is 4.39 Å². The van der Waals surface area contributed by atoms with Gasteiger partial charge in [0.2, 0.25) is 0 Å². The number of benzene rings is 1. The van der Waals surface area contributed by atoms with Crippen LogP contribution in [0.2, 0.25) is 0 Å². The minimum atomic E-state index is -0.256. The summed E-state index contributed by atoms with van der Waals surface area (Å²) in [6.07, 6.45) is 0. The van der Waals surface area contributed by atoms with Crippen LogP contribution in [-0.4, -0.2) is 22.2 Å². The van der Waals surface area contributed by atoms with Crippen LogP contribution in [0.3, 0.4) is 0 Å². The Balaban J connectivity index is 1.94. The van der Waals surface area contributed by atoms with E-state index in [1.807, 2.05) is 13.8 Å². The molecule has 2 rings (SSSR count). The molecule has 0 aliphatic carbocycles. The molecule has 0 aliphatic rings. The quantitative estimate of drug-likeness (QED) is 0.931. The first kappa shape index (κ1) is 14.2. The van der Waals surface area contributed by atoms with E-state index in [-0.39, 0.29) is 17.6 Å². The fraction of sp³-hybridized carbons (Fsp3) is 0.333.